The number of carbonyl (C=O) groups is 4. The van der Waals surface area contributed by atoms with Crippen molar-refractivity contribution < 1.29 is 28.7 Å². The number of benzene rings is 2. The summed E-state index contributed by atoms with van der Waals surface area (Å²) in [5, 5.41) is 1.22. The zero-order valence-corrected chi connectivity index (χ0v) is 30.1. The van der Waals surface area contributed by atoms with E-state index in [0.717, 1.165) is 22.7 Å². The van der Waals surface area contributed by atoms with Crippen LogP contribution in [0.25, 0.3) is 22.3 Å². The van der Waals surface area contributed by atoms with E-state index in [1.165, 1.54) is 12.7 Å². The molecule has 0 amide bonds. The average molecular weight is 728 g/mol. The quantitative estimate of drug-likeness (QED) is 0.0444. The van der Waals surface area contributed by atoms with Crippen molar-refractivity contribution in [2.75, 3.05) is 41.4 Å². The summed E-state index contributed by atoms with van der Waals surface area (Å²) < 4.78 is 10.8. The van der Waals surface area contributed by atoms with Crippen LogP contribution < -0.4 is 0 Å². The van der Waals surface area contributed by atoms with Gasteiger partial charge in [-0.25, -0.2) is 19.6 Å². The molecule has 4 rings (SSSR count). The molecule has 2 heterocycles. The van der Waals surface area contributed by atoms with E-state index in [-0.39, 0.29) is 55.2 Å². The molecular weight excluding hydrogens is 695 g/mol. The number of thiophene rings is 2. The minimum Gasteiger partial charge on any atom is -0.462 e. The van der Waals surface area contributed by atoms with Gasteiger partial charge in [0.15, 0.2) is 0 Å². The fourth-order valence-corrected chi connectivity index (χ4v) is 6.88. The second kappa shape index (κ2) is 16.2. The zero-order chi connectivity index (χ0) is 35.1. The molecule has 10 nitrogen and oxygen atoms in total. The van der Waals surface area contributed by atoms with Gasteiger partial charge in [-0.2, -0.15) is 0 Å². The Morgan fingerprint density at radius 3 is 1.27 bits per heavy atom. The number of hydrogen-bond donors (Lipinski definition) is 0. The zero-order valence-electron chi connectivity index (χ0n) is 27.0. The van der Waals surface area contributed by atoms with Gasteiger partial charge in [0.2, 0.25) is 11.6 Å². The van der Waals surface area contributed by atoms with Gasteiger partial charge in [0.05, 0.1) is 35.6 Å². The lowest BCUT2D eigenvalue weighted by Gasteiger charge is -2.09. The molecule has 0 unspecified atom stereocenters. The van der Waals surface area contributed by atoms with Gasteiger partial charge in [-0.15, -0.1) is 22.7 Å². The van der Waals surface area contributed by atoms with E-state index in [4.69, 9.17) is 32.7 Å². The first-order valence-electron chi connectivity index (χ1n) is 14.6. The second-order valence-electron chi connectivity index (χ2n) is 10.5. The lowest BCUT2D eigenvalue weighted by molar-refractivity contribution is 0.0519. The molecule has 0 spiro atoms. The highest BCUT2D eigenvalue weighted by Gasteiger charge is 2.36. The number of rotatable bonds is 13. The predicted octanol–water partition coefficient (Wildman–Crippen LogP) is 8.31. The molecule has 0 atom stereocenters. The lowest BCUT2D eigenvalue weighted by Crippen LogP contribution is -2.15. The molecule has 14 heteroatoms. The Morgan fingerprint density at radius 2 is 0.979 bits per heavy atom. The van der Waals surface area contributed by atoms with Gasteiger partial charge >= 0.3 is 11.9 Å². The highest BCUT2D eigenvalue weighted by molar-refractivity contribution is 7.22. The van der Waals surface area contributed by atoms with Crippen LogP contribution in [0.5, 0.6) is 0 Å². The van der Waals surface area contributed by atoms with Crippen LogP contribution in [0.3, 0.4) is 0 Å². The molecule has 0 bridgehead atoms. The first kappa shape index (κ1) is 36.5. The van der Waals surface area contributed by atoms with Gasteiger partial charge in [-0.1, -0.05) is 47.5 Å². The summed E-state index contributed by atoms with van der Waals surface area (Å²) in [5.41, 5.74) is 1.33. The average Bonchev–Trinajstić information content (AvgIpc) is 3.62. The van der Waals surface area contributed by atoms with Crippen LogP contribution in [0.4, 0.5) is 10.0 Å². The number of ketones is 2. The summed E-state index contributed by atoms with van der Waals surface area (Å²) in [6, 6.07) is 13.0. The smallest absolute Gasteiger partial charge is 0.341 e. The molecule has 0 aliphatic carbocycles. The van der Waals surface area contributed by atoms with E-state index in [1.807, 2.05) is 0 Å². The van der Waals surface area contributed by atoms with Crippen LogP contribution in [-0.4, -0.2) is 87.4 Å². The van der Waals surface area contributed by atoms with Crippen LogP contribution in [0.2, 0.25) is 10.0 Å². The predicted molar refractivity (Wildman–Crippen MR) is 194 cm³/mol. The first-order chi connectivity index (χ1) is 22.9. The van der Waals surface area contributed by atoms with Crippen LogP contribution in [0.1, 0.15) is 53.9 Å². The topological polar surface area (TPSA) is 118 Å². The molecule has 2 aromatic carbocycles. The monoisotopic (exact) mass is 726 g/mol. The number of nitrogens with zero attached hydrogens (tertiary/aromatic N) is 4. The van der Waals surface area contributed by atoms with Crippen molar-refractivity contribution in [2.45, 2.75) is 13.8 Å². The summed E-state index contributed by atoms with van der Waals surface area (Å²) in [6.07, 6.45) is 2.96. The number of aliphatic imine (C=N–C) groups is 2. The Labute approximate surface area is 296 Å². The number of esters is 2. The van der Waals surface area contributed by atoms with Crippen molar-refractivity contribution in [3.63, 3.8) is 0 Å². The fraction of sp³-hybridized carbons (Fsp3) is 0.235. The normalized spacial score (nSPS) is 11.2. The third-order valence-corrected chi connectivity index (χ3v) is 9.13. The number of hydrogen-bond acceptors (Lipinski definition) is 10. The molecule has 0 aliphatic heterocycles. The third kappa shape index (κ3) is 8.19. The van der Waals surface area contributed by atoms with E-state index >= 15 is 0 Å². The van der Waals surface area contributed by atoms with E-state index in [0.29, 0.717) is 21.2 Å². The summed E-state index contributed by atoms with van der Waals surface area (Å²) in [6.45, 7) is 3.47. The van der Waals surface area contributed by atoms with Crippen LogP contribution in [-0.2, 0) is 9.47 Å². The van der Waals surface area contributed by atoms with Gasteiger partial charge in [-0.05, 0) is 49.2 Å². The summed E-state index contributed by atoms with van der Waals surface area (Å²) >= 11 is 14.1. The van der Waals surface area contributed by atoms with Gasteiger partial charge in [0.25, 0.3) is 0 Å². The van der Waals surface area contributed by atoms with Crippen molar-refractivity contribution in [2.24, 2.45) is 9.98 Å². The standard InChI is InChI=1S/C34H32Cl2N4O6S2/c1-7-45-33(43)25-23(19-9-13-21(35)14-10-19)29(47-31(25)37-17-39(3)4)27(41)28(42)30-24(20-11-15-22(36)16-12-20)26(34(44)46-8-2)32(48-30)38-18-40(5)6/h9-18H,7-8H2,1-6H3/b37-17+,38-18+. The summed E-state index contributed by atoms with van der Waals surface area (Å²) in [7, 11) is 7.01. The summed E-state index contributed by atoms with van der Waals surface area (Å²) in [4.78, 5) is 67.9. The molecule has 0 aliphatic rings. The number of ether oxygens (including phenoxy) is 2. The van der Waals surface area contributed by atoms with E-state index in [1.54, 1.807) is 100 Å². The molecule has 0 fully saturated rings. The van der Waals surface area contributed by atoms with Gasteiger partial charge in [-0.3, -0.25) is 9.59 Å². The Morgan fingerprint density at radius 1 is 0.646 bits per heavy atom. The Bertz CT molecular complexity index is 1760. The number of carbonyl (C=O) groups excluding carboxylic acids is 4. The van der Waals surface area contributed by atoms with Crippen LogP contribution >= 0.6 is 45.9 Å². The largest absolute Gasteiger partial charge is 0.462 e. The molecule has 4 aromatic rings. The fourth-order valence-electron chi connectivity index (χ4n) is 4.45. The highest BCUT2D eigenvalue weighted by Crippen LogP contribution is 2.46. The maximum atomic E-state index is 14.5. The Hall–Kier alpha value is -4.36. The Balaban J connectivity index is 2.03. The van der Waals surface area contributed by atoms with Crippen LogP contribution in [0, 0.1) is 0 Å². The van der Waals surface area contributed by atoms with E-state index < -0.39 is 23.5 Å². The van der Waals surface area contributed by atoms with Gasteiger partial charge in [0.1, 0.15) is 21.1 Å². The van der Waals surface area contributed by atoms with Crippen LogP contribution in [0.15, 0.2) is 58.5 Å². The van der Waals surface area contributed by atoms with Crippen molar-refractivity contribution >= 4 is 92.1 Å². The molecule has 48 heavy (non-hydrogen) atoms. The van der Waals surface area contributed by atoms with Crippen molar-refractivity contribution in [1.82, 2.24) is 9.80 Å². The molecule has 0 saturated heterocycles. The number of halogens is 2. The van der Waals surface area contributed by atoms with Crippen molar-refractivity contribution in [1.29, 1.82) is 0 Å². The maximum absolute atomic E-state index is 14.5. The van der Waals surface area contributed by atoms with E-state index in [2.05, 4.69) is 9.98 Å². The number of Topliss-reactive ketones (excluding diaryl/α,β-unsaturated/α-hetero) is 2. The molecule has 0 saturated carbocycles. The molecule has 0 radical (unpaired) electrons. The minimum absolute atomic E-state index is 0.0333. The molecule has 2 aromatic heterocycles. The SMILES string of the molecule is CCOC(=O)c1c(/N=C/N(C)C)sc(C(=O)C(=O)c2sc(/N=C/N(C)C)c(C(=O)OCC)c2-c2ccc(Cl)cc2)c1-c1ccc(Cl)cc1. The maximum Gasteiger partial charge on any atom is 0.341 e. The van der Waals surface area contributed by atoms with Gasteiger partial charge in [0, 0.05) is 49.4 Å². The third-order valence-electron chi connectivity index (χ3n) is 6.43. The highest BCUT2D eigenvalue weighted by atomic mass is 35.5. The van der Waals surface area contributed by atoms with Crippen molar-refractivity contribution in [3.8, 4) is 22.3 Å². The lowest BCUT2D eigenvalue weighted by atomic mass is 9.95. The molecule has 250 valence electrons. The van der Waals surface area contributed by atoms with Gasteiger partial charge < -0.3 is 19.3 Å². The minimum atomic E-state index is -0.920. The first-order valence-corrected chi connectivity index (χ1v) is 17.0. The van der Waals surface area contributed by atoms with E-state index in [9.17, 15) is 19.2 Å². The van der Waals surface area contributed by atoms with Crippen molar-refractivity contribution in [3.05, 3.63) is 79.5 Å². The summed E-state index contributed by atoms with van der Waals surface area (Å²) in [5.74, 6) is -3.26. The molecular formula is C34H32Cl2N4O6S2. The second-order valence-corrected chi connectivity index (χ2v) is 13.4. The Kier molecular flexibility index (Phi) is 12.3. The molecule has 0 N–H and O–H groups in total.